The maximum absolute atomic E-state index is 12.1. The number of amides is 2. The van der Waals surface area contributed by atoms with Crippen LogP contribution in [0, 0.1) is 0 Å². The molecule has 0 rings (SSSR count). The van der Waals surface area contributed by atoms with Crippen molar-refractivity contribution in [3.8, 4) is 0 Å². The van der Waals surface area contributed by atoms with Crippen LogP contribution in [-0.4, -0.2) is 24.4 Å². The quantitative estimate of drug-likeness (QED) is 0.103. The van der Waals surface area contributed by atoms with Gasteiger partial charge < -0.3 is 10.6 Å². The fourth-order valence-electron chi connectivity index (χ4n) is 4.84. The standard InChI is InChI=1S/C32H64N2O2/c1-4-6-8-10-12-14-16-18-20-22-24-26-31(35)33-29-28-30(3)34-32(36)27-25-23-21-19-17-15-13-11-9-7-5-2/h30H,4-29H2,1-3H3,(H,33,35)(H,34,36). The highest BCUT2D eigenvalue weighted by Gasteiger charge is 2.08. The van der Waals surface area contributed by atoms with Crippen molar-refractivity contribution in [2.24, 2.45) is 0 Å². The molecule has 0 radical (unpaired) electrons. The Labute approximate surface area is 225 Å². The maximum Gasteiger partial charge on any atom is 0.220 e. The van der Waals surface area contributed by atoms with Crippen molar-refractivity contribution in [2.75, 3.05) is 6.54 Å². The normalized spacial score (nSPS) is 12.0. The van der Waals surface area contributed by atoms with Crippen LogP contribution in [0.4, 0.5) is 0 Å². The summed E-state index contributed by atoms with van der Waals surface area (Å²) in [6.07, 6.45) is 30.7. The molecule has 214 valence electrons. The first-order chi connectivity index (χ1) is 17.6. The summed E-state index contributed by atoms with van der Waals surface area (Å²) in [5, 5.41) is 6.11. The molecule has 0 aliphatic heterocycles. The van der Waals surface area contributed by atoms with Crippen molar-refractivity contribution < 1.29 is 9.59 Å². The number of carbonyl (C=O) groups is 2. The molecular formula is C32H64N2O2. The molecule has 1 unspecified atom stereocenters. The van der Waals surface area contributed by atoms with Gasteiger partial charge in [-0.25, -0.2) is 0 Å². The highest BCUT2D eigenvalue weighted by Crippen LogP contribution is 2.13. The minimum Gasteiger partial charge on any atom is -0.356 e. The Hall–Kier alpha value is -1.06. The SMILES string of the molecule is CCCCCCCCCCCCCC(=O)NCCC(C)NC(=O)CCCCCCCCCCCCC. The third-order valence-corrected chi connectivity index (χ3v) is 7.32. The molecule has 0 aromatic heterocycles. The van der Waals surface area contributed by atoms with Crippen molar-refractivity contribution in [2.45, 2.75) is 187 Å². The van der Waals surface area contributed by atoms with E-state index in [1.165, 1.54) is 116 Å². The average Bonchev–Trinajstić information content (AvgIpc) is 2.85. The lowest BCUT2D eigenvalue weighted by Gasteiger charge is -2.14. The van der Waals surface area contributed by atoms with E-state index in [0.29, 0.717) is 19.4 Å². The second-order valence-electron chi connectivity index (χ2n) is 11.2. The Bertz CT molecular complexity index is 481. The summed E-state index contributed by atoms with van der Waals surface area (Å²) in [4.78, 5) is 24.2. The molecule has 4 nitrogen and oxygen atoms in total. The van der Waals surface area contributed by atoms with Crippen molar-refractivity contribution in [3.05, 3.63) is 0 Å². The third-order valence-electron chi connectivity index (χ3n) is 7.32. The van der Waals surface area contributed by atoms with Crippen LogP contribution in [0.15, 0.2) is 0 Å². The maximum atomic E-state index is 12.1. The smallest absolute Gasteiger partial charge is 0.220 e. The molecule has 0 saturated heterocycles. The predicted octanol–water partition coefficient (Wildman–Crippen LogP) is 9.40. The van der Waals surface area contributed by atoms with E-state index in [4.69, 9.17) is 0 Å². The minimum absolute atomic E-state index is 0.118. The first-order valence-corrected chi connectivity index (χ1v) is 16.2. The molecule has 4 heteroatoms. The highest BCUT2D eigenvalue weighted by molar-refractivity contribution is 5.76. The van der Waals surface area contributed by atoms with E-state index in [1.54, 1.807) is 0 Å². The van der Waals surface area contributed by atoms with Gasteiger partial charge in [0.15, 0.2) is 0 Å². The van der Waals surface area contributed by atoms with Crippen LogP contribution in [0.1, 0.15) is 181 Å². The Morgan fingerprint density at radius 1 is 0.500 bits per heavy atom. The fourth-order valence-corrected chi connectivity index (χ4v) is 4.84. The van der Waals surface area contributed by atoms with Crippen molar-refractivity contribution in [1.82, 2.24) is 10.6 Å². The predicted molar refractivity (Wildman–Crippen MR) is 157 cm³/mol. The van der Waals surface area contributed by atoms with Crippen LogP contribution in [-0.2, 0) is 9.59 Å². The number of hydrogen-bond donors (Lipinski definition) is 2. The van der Waals surface area contributed by atoms with Crippen LogP contribution < -0.4 is 10.6 Å². The van der Waals surface area contributed by atoms with Gasteiger partial charge in [-0.2, -0.15) is 0 Å². The molecule has 2 N–H and O–H groups in total. The Morgan fingerprint density at radius 2 is 0.833 bits per heavy atom. The zero-order valence-corrected chi connectivity index (χ0v) is 24.8. The topological polar surface area (TPSA) is 58.2 Å². The van der Waals surface area contributed by atoms with Crippen LogP contribution in [0.2, 0.25) is 0 Å². The summed E-state index contributed by atoms with van der Waals surface area (Å²) < 4.78 is 0. The van der Waals surface area contributed by atoms with Crippen LogP contribution in [0.5, 0.6) is 0 Å². The molecule has 0 aliphatic carbocycles. The molecule has 0 aliphatic rings. The van der Waals surface area contributed by atoms with Gasteiger partial charge in [0, 0.05) is 25.4 Å². The first-order valence-electron chi connectivity index (χ1n) is 16.2. The van der Waals surface area contributed by atoms with Gasteiger partial charge in [0.1, 0.15) is 0 Å². The van der Waals surface area contributed by atoms with E-state index in [2.05, 4.69) is 24.5 Å². The van der Waals surface area contributed by atoms with Gasteiger partial charge in [-0.15, -0.1) is 0 Å². The van der Waals surface area contributed by atoms with Gasteiger partial charge in [-0.3, -0.25) is 9.59 Å². The highest BCUT2D eigenvalue weighted by atomic mass is 16.2. The van der Waals surface area contributed by atoms with Gasteiger partial charge >= 0.3 is 0 Å². The summed E-state index contributed by atoms with van der Waals surface area (Å²) in [5.41, 5.74) is 0. The fraction of sp³-hybridized carbons (Fsp3) is 0.938. The van der Waals surface area contributed by atoms with E-state index in [9.17, 15) is 9.59 Å². The zero-order valence-electron chi connectivity index (χ0n) is 24.8. The van der Waals surface area contributed by atoms with E-state index >= 15 is 0 Å². The van der Waals surface area contributed by atoms with Gasteiger partial charge in [0.2, 0.25) is 11.8 Å². The molecule has 0 aromatic carbocycles. The second kappa shape index (κ2) is 28.5. The van der Waals surface area contributed by atoms with Crippen molar-refractivity contribution in [1.29, 1.82) is 0 Å². The van der Waals surface area contributed by atoms with Crippen molar-refractivity contribution in [3.63, 3.8) is 0 Å². The van der Waals surface area contributed by atoms with Gasteiger partial charge in [-0.05, 0) is 26.2 Å². The average molecular weight is 509 g/mol. The van der Waals surface area contributed by atoms with Crippen molar-refractivity contribution >= 4 is 11.8 Å². The molecule has 0 heterocycles. The summed E-state index contributed by atoms with van der Waals surface area (Å²) in [5.74, 6) is 0.316. The lowest BCUT2D eigenvalue weighted by molar-refractivity contribution is -0.121. The number of nitrogens with one attached hydrogen (secondary N) is 2. The molecule has 0 saturated carbocycles. The molecule has 2 amide bonds. The summed E-state index contributed by atoms with van der Waals surface area (Å²) in [7, 11) is 0. The Morgan fingerprint density at radius 3 is 1.22 bits per heavy atom. The van der Waals surface area contributed by atoms with Crippen LogP contribution in [0.3, 0.4) is 0 Å². The number of unbranched alkanes of at least 4 members (excludes halogenated alkanes) is 20. The summed E-state index contributed by atoms with van der Waals surface area (Å²) >= 11 is 0. The first kappa shape index (κ1) is 34.9. The lowest BCUT2D eigenvalue weighted by atomic mass is 10.1. The van der Waals surface area contributed by atoms with E-state index in [-0.39, 0.29) is 17.9 Å². The van der Waals surface area contributed by atoms with Crippen LogP contribution >= 0.6 is 0 Å². The summed E-state index contributed by atoms with van der Waals surface area (Å²) in [6, 6.07) is 0.118. The lowest BCUT2D eigenvalue weighted by Crippen LogP contribution is -2.35. The molecule has 0 fully saturated rings. The number of rotatable bonds is 28. The Balaban J connectivity index is 3.42. The van der Waals surface area contributed by atoms with Gasteiger partial charge in [-0.1, -0.05) is 142 Å². The molecule has 0 spiro atoms. The van der Waals surface area contributed by atoms with E-state index in [0.717, 1.165) is 32.1 Å². The molecule has 1 atom stereocenters. The van der Waals surface area contributed by atoms with E-state index in [1.807, 2.05) is 6.92 Å². The second-order valence-corrected chi connectivity index (χ2v) is 11.2. The van der Waals surface area contributed by atoms with Gasteiger partial charge in [0.25, 0.3) is 0 Å². The van der Waals surface area contributed by atoms with Crippen LogP contribution in [0.25, 0.3) is 0 Å². The van der Waals surface area contributed by atoms with E-state index < -0.39 is 0 Å². The molecule has 0 bridgehead atoms. The number of carbonyl (C=O) groups excluding carboxylic acids is 2. The minimum atomic E-state index is 0.118. The molecule has 0 aromatic rings. The summed E-state index contributed by atoms with van der Waals surface area (Å²) in [6.45, 7) is 7.22. The largest absolute Gasteiger partial charge is 0.356 e. The third kappa shape index (κ3) is 27.5. The zero-order chi connectivity index (χ0) is 26.5. The Kier molecular flexibility index (Phi) is 27.7. The monoisotopic (exact) mass is 508 g/mol. The molecule has 36 heavy (non-hydrogen) atoms. The van der Waals surface area contributed by atoms with Gasteiger partial charge in [0.05, 0.1) is 0 Å². The number of hydrogen-bond acceptors (Lipinski definition) is 2. The molecular weight excluding hydrogens is 444 g/mol.